The standard InChI is InChI=1S/C21H26N2O2/c1-25-18-11-9-17(10-12-18)21(13-5-6-14-21)23-20(24)15-19(22)16-7-3-2-4-8-16/h2-4,7-12,19H,5-6,13-15,22H2,1H3,(H,23,24). The van der Waals surface area contributed by atoms with Crippen LogP contribution in [0.1, 0.15) is 49.3 Å². The van der Waals surface area contributed by atoms with E-state index in [1.54, 1.807) is 7.11 Å². The summed E-state index contributed by atoms with van der Waals surface area (Å²) in [5.41, 5.74) is 8.07. The van der Waals surface area contributed by atoms with Gasteiger partial charge >= 0.3 is 0 Å². The maximum Gasteiger partial charge on any atom is 0.222 e. The first kappa shape index (κ1) is 17.5. The van der Waals surface area contributed by atoms with E-state index in [0.717, 1.165) is 42.6 Å². The van der Waals surface area contributed by atoms with Crippen LogP contribution in [0.5, 0.6) is 5.75 Å². The van der Waals surface area contributed by atoms with Crippen molar-refractivity contribution in [2.45, 2.75) is 43.7 Å². The first-order valence-electron chi connectivity index (χ1n) is 8.89. The predicted molar refractivity (Wildman–Crippen MR) is 99.3 cm³/mol. The molecule has 0 saturated heterocycles. The minimum atomic E-state index is -0.282. The molecule has 0 spiro atoms. The first-order chi connectivity index (χ1) is 12.1. The third-order valence-electron chi connectivity index (χ3n) is 5.11. The number of hydrogen-bond acceptors (Lipinski definition) is 3. The highest BCUT2D eigenvalue weighted by Gasteiger charge is 2.37. The molecule has 3 N–H and O–H groups in total. The zero-order valence-corrected chi connectivity index (χ0v) is 14.7. The Hall–Kier alpha value is -2.33. The molecule has 4 nitrogen and oxygen atoms in total. The summed E-state index contributed by atoms with van der Waals surface area (Å²) in [6.45, 7) is 0. The van der Waals surface area contributed by atoms with E-state index in [1.165, 1.54) is 0 Å². The highest BCUT2D eigenvalue weighted by atomic mass is 16.5. The van der Waals surface area contributed by atoms with Crippen LogP contribution < -0.4 is 15.8 Å². The molecule has 0 aromatic heterocycles. The van der Waals surface area contributed by atoms with Gasteiger partial charge in [0.1, 0.15) is 5.75 Å². The van der Waals surface area contributed by atoms with Crippen LogP contribution in [0.25, 0.3) is 0 Å². The van der Waals surface area contributed by atoms with Crippen molar-refractivity contribution in [2.24, 2.45) is 5.73 Å². The highest BCUT2D eigenvalue weighted by Crippen LogP contribution is 2.39. The second kappa shape index (κ2) is 7.70. The number of ether oxygens (including phenoxy) is 1. The van der Waals surface area contributed by atoms with Gasteiger partial charge in [-0.15, -0.1) is 0 Å². The average molecular weight is 338 g/mol. The Kier molecular flexibility index (Phi) is 5.39. The number of benzene rings is 2. The van der Waals surface area contributed by atoms with E-state index in [2.05, 4.69) is 17.4 Å². The van der Waals surface area contributed by atoms with Crippen LogP contribution in [0.15, 0.2) is 54.6 Å². The van der Waals surface area contributed by atoms with Crippen molar-refractivity contribution in [1.82, 2.24) is 5.32 Å². The van der Waals surface area contributed by atoms with Crippen LogP contribution >= 0.6 is 0 Å². The van der Waals surface area contributed by atoms with Crippen LogP contribution in [0.3, 0.4) is 0 Å². The lowest BCUT2D eigenvalue weighted by atomic mass is 9.87. The number of carbonyl (C=O) groups excluding carboxylic acids is 1. The molecule has 1 saturated carbocycles. The lowest BCUT2D eigenvalue weighted by Gasteiger charge is -2.31. The fraction of sp³-hybridized carbons (Fsp3) is 0.381. The van der Waals surface area contributed by atoms with Crippen molar-refractivity contribution in [3.63, 3.8) is 0 Å². The number of hydrogen-bond donors (Lipinski definition) is 2. The van der Waals surface area contributed by atoms with Crippen LogP contribution in [-0.2, 0) is 10.3 Å². The lowest BCUT2D eigenvalue weighted by molar-refractivity contribution is -0.123. The summed E-state index contributed by atoms with van der Waals surface area (Å²) in [7, 11) is 1.66. The van der Waals surface area contributed by atoms with Gasteiger partial charge in [0.15, 0.2) is 0 Å². The number of methoxy groups -OCH3 is 1. The third-order valence-corrected chi connectivity index (χ3v) is 5.11. The predicted octanol–water partition coefficient (Wildman–Crippen LogP) is 3.67. The number of nitrogens with one attached hydrogen (secondary N) is 1. The summed E-state index contributed by atoms with van der Waals surface area (Å²) in [6.07, 6.45) is 4.47. The Balaban J connectivity index is 1.71. The van der Waals surface area contributed by atoms with Crippen LogP contribution in [0, 0.1) is 0 Å². The van der Waals surface area contributed by atoms with E-state index in [-0.39, 0.29) is 17.5 Å². The summed E-state index contributed by atoms with van der Waals surface area (Å²) >= 11 is 0. The fourth-order valence-electron chi connectivity index (χ4n) is 3.71. The molecular formula is C21H26N2O2. The number of carbonyl (C=O) groups is 1. The molecule has 1 unspecified atom stereocenters. The summed E-state index contributed by atoms with van der Waals surface area (Å²) in [4.78, 5) is 12.7. The SMILES string of the molecule is COc1ccc(C2(NC(=O)CC(N)c3ccccc3)CCCC2)cc1. The maximum absolute atomic E-state index is 12.7. The van der Waals surface area contributed by atoms with E-state index in [9.17, 15) is 4.79 Å². The normalized spacial score (nSPS) is 17.0. The summed E-state index contributed by atoms with van der Waals surface area (Å²) in [5, 5.41) is 3.29. The monoisotopic (exact) mass is 338 g/mol. The third kappa shape index (κ3) is 4.02. The molecule has 1 amide bonds. The van der Waals surface area contributed by atoms with Gasteiger partial charge in [-0.05, 0) is 36.1 Å². The number of nitrogens with two attached hydrogens (primary N) is 1. The summed E-state index contributed by atoms with van der Waals surface area (Å²) in [5.74, 6) is 0.836. The molecule has 132 valence electrons. The molecule has 4 heteroatoms. The largest absolute Gasteiger partial charge is 0.497 e. The van der Waals surface area contributed by atoms with Gasteiger partial charge < -0.3 is 15.8 Å². The Bertz CT molecular complexity index is 692. The molecular weight excluding hydrogens is 312 g/mol. The number of rotatable bonds is 6. The zero-order chi connectivity index (χ0) is 17.7. The van der Waals surface area contributed by atoms with E-state index >= 15 is 0 Å². The molecule has 1 atom stereocenters. The van der Waals surface area contributed by atoms with E-state index in [4.69, 9.17) is 10.5 Å². The van der Waals surface area contributed by atoms with Gasteiger partial charge in [0.25, 0.3) is 0 Å². The minimum Gasteiger partial charge on any atom is -0.497 e. The van der Waals surface area contributed by atoms with E-state index < -0.39 is 0 Å². The van der Waals surface area contributed by atoms with Crippen LogP contribution in [0.2, 0.25) is 0 Å². The van der Waals surface area contributed by atoms with Crippen molar-refractivity contribution in [3.05, 3.63) is 65.7 Å². The quantitative estimate of drug-likeness (QED) is 0.844. The van der Waals surface area contributed by atoms with Crippen molar-refractivity contribution < 1.29 is 9.53 Å². The van der Waals surface area contributed by atoms with Crippen molar-refractivity contribution in [2.75, 3.05) is 7.11 Å². The Morgan fingerprint density at radius 2 is 1.76 bits per heavy atom. The molecule has 0 aliphatic heterocycles. The Morgan fingerprint density at radius 1 is 1.12 bits per heavy atom. The second-order valence-corrected chi connectivity index (χ2v) is 6.79. The Labute approximate surface area is 149 Å². The van der Waals surface area contributed by atoms with Crippen molar-refractivity contribution >= 4 is 5.91 Å². The van der Waals surface area contributed by atoms with E-state index in [0.29, 0.717) is 6.42 Å². The van der Waals surface area contributed by atoms with Gasteiger partial charge in [-0.25, -0.2) is 0 Å². The second-order valence-electron chi connectivity index (χ2n) is 6.79. The molecule has 25 heavy (non-hydrogen) atoms. The smallest absolute Gasteiger partial charge is 0.222 e. The fourth-order valence-corrected chi connectivity index (χ4v) is 3.71. The molecule has 3 rings (SSSR count). The molecule has 1 fully saturated rings. The summed E-state index contributed by atoms with van der Waals surface area (Å²) in [6, 6.07) is 17.5. The maximum atomic E-state index is 12.7. The molecule has 0 bridgehead atoms. The van der Waals surface area contributed by atoms with Gasteiger partial charge in [-0.2, -0.15) is 0 Å². The Morgan fingerprint density at radius 3 is 2.36 bits per heavy atom. The molecule has 2 aromatic rings. The average Bonchev–Trinajstić information content (AvgIpc) is 3.12. The van der Waals surface area contributed by atoms with Crippen molar-refractivity contribution in [1.29, 1.82) is 0 Å². The van der Waals surface area contributed by atoms with Gasteiger partial charge in [0, 0.05) is 12.5 Å². The lowest BCUT2D eigenvalue weighted by Crippen LogP contribution is -2.44. The van der Waals surface area contributed by atoms with Crippen molar-refractivity contribution in [3.8, 4) is 5.75 Å². The molecule has 1 aliphatic carbocycles. The molecule has 2 aromatic carbocycles. The molecule has 0 heterocycles. The summed E-state index contributed by atoms with van der Waals surface area (Å²) < 4.78 is 5.24. The number of amides is 1. The van der Waals surface area contributed by atoms with Gasteiger partial charge in [-0.3, -0.25) is 4.79 Å². The van der Waals surface area contributed by atoms with E-state index in [1.807, 2.05) is 42.5 Å². The zero-order valence-electron chi connectivity index (χ0n) is 14.7. The first-order valence-corrected chi connectivity index (χ1v) is 8.89. The molecule has 1 aliphatic rings. The topological polar surface area (TPSA) is 64.3 Å². The highest BCUT2D eigenvalue weighted by molar-refractivity contribution is 5.78. The van der Waals surface area contributed by atoms with Gasteiger partial charge in [-0.1, -0.05) is 55.3 Å². The van der Waals surface area contributed by atoms with Gasteiger partial charge in [0.2, 0.25) is 5.91 Å². The molecule has 0 radical (unpaired) electrons. The van der Waals surface area contributed by atoms with Crippen LogP contribution in [-0.4, -0.2) is 13.0 Å². The van der Waals surface area contributed by atoms with Gasteiger partial charge in [0.05, 0.1) is 12.6 Å². The van der Waals surface area contributed by atoms with Crippen LogP contribution in [0.4, 0.5) is 0 Å². The minimum absolute atomic E-state index is 0.00840.